The van der Waals surface area contributed by atoms with Gasteiger partial charge in [-0.1, -0.05) is 43.7 Å². The fraction of sp³-hybridized carbons (Fsp3) is 0.318. The van der Waals surface area contributed by atoms with E-state index in [0.29, 0.717) is 24.2 Å². The Hall–Kier alpha value is -3.35. The quantitative estimate of drug-likeness (QED) is 0.550. The molecule has 154 valence electrons. The Morgan fingerprint density at radius 2 is 1.59 bits per heavy atom. The van der Waals surface area contributed by atoms with Gasteiger partial charge in [0.15, 0.2) is 0 Å². The summed E-state index contributed by atoms with van der Waals surface area (Å²) in [5.41, 5.74) is 8.23. The molecule has 0 aliphatic rings. The van der Waals surface area contributed by atoms with Crippen LogP contribution in [0.4, 0.5) is 10.5 Å². The molecule has 5 N–H and O–H groups in total. The topological polar surface area (TPSA) is 113 Å². The lowest BCUT2D eigenvalue weighted by Gasteiger charge is -2.20. The van der Waals surface area contributed by atoms with Crippen molar-refractivity contribution < 1.29 is 14.4 Å². The van der Waals surface area contributed by atoms with Gasteiger partial charge in [-0.05, 0) is 49.1 Å². The summed E-state index contributed by atoms with van der Waals surface area (Å²) in [5.74, 6) is -0.649. The molecule has 2 rings (SSSR count). The highest BCUT2D eigenvalue weighted by atomic mass is 16.2. The van der Waals surface area contributed by atoms with E-state index in [4.69, 9.17) is 5.73 Å². The number of nitrogens with two attached hydrogens (primary N) is 1. The van der Waals surface area contributed by atoms with Crippen LogP contribution >= 0.6 is 0 Å². The monoisotopic (exact) mass is 396 g/mol. The van der Waals surface area contributed by atoms with Crippen LogP contribution in [0, 0.1) is 12.8 Å². The number of hydrogen-bond donors (Lipinski definition) is 4. The highest BCUT2D eigenvalue weighted by molar-refractivity contribution is 5.98. The predicted octanol–water partition coefficient (Wildman–Crippen LogP) is 2.95. The number of hydrogen-bond acceptors (Lipinski definition) is 3. The minimum absolute atomic E-state index is 0.209. The third-order valence-corrected chi connectivity index (χ3v) is 4.34. The summed E-state index contributed by atoms with van der Waals surface area (Å²) in [4.78, 5) is 36.1. The molecule has 0 saturated carbocycles. The van der Waals surface area contributed by atoms with Gasteiger partial charge in [-0.3, -0.25) is 9.59 Å². The fourth-order valence-corrected chi connectivity index (χ4v) is 2.75. The van der Waals surface area contributed by atoms with Crippen LogP contribution in [0.3, 0.4) is 0 Å². The zero-order valence-corrected chi connectivity index (χ0v) is 17.0. The highest BCUT2D eigenvalue weighted by Gasteiger charge is 2.22. The van der Waals surface area contributed by atoms with Gasteiger partial charge in [-0.2, -0.15) is 0 Å². The molecule has 1 atom stereocenters. The van der Waals surface area contributed by atoms with Crippen LogP contribution in [0.1, 0.15) is 41.8 Å². The predicted molar refractivity (Wildman–Crippen MR) is 113 cm³/mol. The van der Waals surface area contributed by atoms with Crippen molar-refractivity contribution >= 4 is 23.5 Å². The molecule has 0 heterocycles. The molecule has 0 aromatic heterocycles. The molecule has 0 saturated heterocycles. The van der Waals surface area contributed by atoms with Crippen LogP contribution in [0.15, 0.2) is 48.5 Å². The maximum absolute atomic E-state index is 12.7. The van der Waals surface area contributed by atoms with E-state index in [1.165, 1.54) is 12.1 Å². The van der Waals surface area contributed by atoms with Crippen LogP contribution in [-0.2, 0) is 11.3 Å². The molecule has 7 heteroatoms. The van der Waals surface area contributed by atoms with E-state index >= 15 is 0 Å². The van der Waals surface area contributed by atoms with Gasteiger partial charge in [0, 0.05) is 17.8 Å². The SMILES string of the molecule is Cc1ccc(CNC(=O)N[C@H](CC(C)C)C(=O)Nc2ccc(C(N)=O)cc2)cc1. The molecule has 0 aliphatic heterocycles. The number of carbonyl (C=O) groups is 3. The molecule has 0 spiro atoms. The molecule has 7 nitrogen and oxygen atoms in total. The van der Waals surface area contributed by atoms with Gasteiger partial charge in [0.2, 0.25) is 11.8 Å². The lowest BCUT2D eigenvalue weighted by Crippen LogP contribution is -2.48. The second-order valence-corrected chi connectivity index (χ2v) is 7.43. The van der Waals surface area contributed by atoms with Gasteiger partial charge >= 0.3 is 6.03 Å². The number of amides is 4. The first-order valence-corrected chi connectivity index (χ1v) is 9.55. The van der Waals surface area contributed by atoms with Crippen molar-refractivity contribution in [3.63, 3.8) is 0 Å². The molecular weight excluding hydrogens is 368 g/mol. The smallest absolute Gasteiger partial charge is 0.315 e. The van der Waals surface area contributed by atoms with E-state index in [9.17, 15) is 14.4 Å². The van der Waals surface area contributed by atoms with Crippen LogP contribution in [0.25, 0.3) is 0 Å². The standard InChI is InChI=1S/C22H28N4O3/c1-14(2)12-19(21(28)25-18-10-8-17(9-11-18)20(23)27)26-22(29)24-13-16-6-4-15(3)5-7-16/h4-11,14,19H,12-13H2,1-3H3,(H2,23,27)(H,25,28)(H2,24,26,29)/t19-/m1/s1. The summed E-state index contributed by atoms with van der Waals surface area (Å²) in [6.45, 7) is 6.33. The number of urea groups is 1. The second-order valence-electron chi connectivity index (χ2n) is 7.43. The summed E-state index contributed by atoms with van der Waals surface area (Å²) < 4.78 is 0. The number of rotatable bonds is 8. The summed E-state index contributed by atoms with van der Waals surface area (Å²) in [6, 6.07) is 13.0. The van der Waals surface area contributed by atoms with Crippen molar-refractivity contribution in [1.82, 2.24) is 10.6 Å². The zero-order valence-electron chi connectivity index (χ0n) is 17.0. The van der Waals surface area contributed by atoms with Crippen LogP contribution in [-0.4, -0.2) is 23.9 Å². The lowest BCUT2D eigenvalue weighted by molar-refractivity contribution is -0.118. The Morgan fingerprint density at radius 1 is 0.966 bits per heavy atom. The highest BCUT2D eigenvalue weighted by Crippen LogP contribution is 2.12. The number of aryl methyl sites for hydroxylation is 1. The first-order valence-electron chi connectivity index (χ1n) is 9.55. The Morgan fingerprint density at radius 3 is 2.14 bits per heavy atom. The molecule has 29 heavy (non-hydrogen) atoms. The third-order valence-electron chi connectivity index (χ3n) is 4.34. The third kappa shape index (κ3) is 7.29. The van der Waals surface area contributed by atoms with Gasteiger partial charge in [0.1, 0.15) is 6.04 Å². The van der Waals surface area contributed by atoms with E-state index in [0.717, 1.165) is 11.1 Å². The molecule has 0 radical (unpaired) electrons. The van der Waals surface area contributed by atoms with Gasteiger partial charge in [-0.25, -0.2) is 4.79 Å². The molecule has 4 amide bonds. The fourth-order valence-electron chi connectivity index (χ4n) is 2.75. The number of carbonyl (C=O) groups excluding carboxylic acids is 3. The van der Waals surface area contributed by atoms with E-state index in [2.05, 4.69) is 16.0 Å². The number of primary amides is 1. The average molecular weight is 396 g/mol. The van der Waals surface area contributed by atoms with Crippen molar-refractivity contribution in [2.24, 2.45) is 11.7 Å². The summed E-state index contributed by atoms with van der Waals surface area (Å²) in [5, 5.41) is 8.29. The molecule has 2 aromatic carbocycles. The van der Waals surface area contributed by atoms with Gasteiger partial charge < -0.3 is 21.7 Å². The average Bonchev–Trinajstić information content (AvgIpc) is 2.67. The first-order chi connectivity index (χ1) is 13.7. The Labute approximate surface area is 171 Å². The van der Waals surface area contributed by atoms with Crippen molar-refractivity contribution in [2.75, 3.05) is 5.32 Å². The van der Waals surface area contributed by atoms with E-state index in [1.807, 2.05) is 45.0 Å². The van der Waals surface area contributed by atoms with Gasteiger partial charge in [0.25, 0.3) is 0 Å². The van der Waals surface area contributed by atoms with E-state index in [-0.39, 0.29) is 11.8 Å². The Bertz CT molecular complexity index is 845. The molecule has 0 bridgehead atoms. The summed E-state index contributed by atoms with van der Waals surface area (Å²) in [7, 11) is 0. The van der Waals surface area contributed by atoms with E-state index in [1.54, 1.807) is 12.1 Å². The van der Waals surface area contributed by atoms with Crippen LogP contribution < -0.4 is 21.7 Å². The molecule has 0 unspecified atom stereocenters. The van der Waals surface area contributed by atoms with Crippen LogP contribution in [0.2, 0.25) is 0 Å². The minimum atomic E-state index is -0.691. The first kappa shape index (κ1) is 21.9. The maximum Gasteiger partial charge on any atom is 0.315 e. The number of anilines is 1. The lowest BCUT2D eigenvalue weighted by atomic mass is 10.0. The van der Waals surface area contributed by atoms with E-state index < -0.39 is 18.0 Å². The zero-order chi connectivity index (χ0) is 21.4. The van der Waals surface area contributed by atoms with Crippen molar-refractivity contribution in [2.45, 2.75) is 39.8 Å². The number of nitrogens with one attached hydrogen (secondary N) is 3. The molecule has 0 aliphatic carbocycles. The second kappa shape index (κ2) is 10.3. The normalized spacial score (nSPS) is 11.6. The molecule has 2 aromatic rings. The van der Waals surface area contributed by atoms with Crippen molar-refractivity contribution in [1.29, 1.82) is 0 Å². The summed E-state index contributed by atoms with van der Waals surface area (Å²) >= 11 is 0. The molecular formula is C22H28N4O3. The number of benzene rings is 2. The minimum Gasteiger partial charge on any atom is -0.366 e. The maximum atomic E-state index is 12.7. The Kier molecular flexibility index (Phi) is 7.77. The molecule has 0 fully saturated rings. The van der Waals surface area contributed by atoms with Crippen molar-refractivity contribution in [3.05, 3.63) is 65.2 Å². The van der Waals surface area contributed by atoms with Gasteiger partial charge in [0.05, 0.1) is 0 Å². The largest absolute Gasteiger partial charge is 0.366 e. The Balaban J connectivity index is 1.95. The van der Waals surface area contributed by atoms with Crippen molar-refractivity contribution in [3.8, 4) is 0 Å². The van der Waals surface area contributed by atoms with Gasteiger partial charge in [-0.15, -0.1) is 0 Å². The van der Waals surface area contributed by atoms with Crippen LogP contribution in [0.5, 0.6) is 0 Å². The summed E-state index contributed by atoms with van der Waals surface area (Å²) in [6.07, 6.45) is 0.489.